The van der Waals surface area contributed by atoms with Crippen LogP contribution in [-0.4, -0.2) is 42.3 Å². The lowest BCUT2D eigenvalue weighted by Crippen LogP contribution is -2.40. The van der Waals surface area contributed by atoms with E-state index >= 15 is 0 Å². The first kappa shape index (κ1) is 12.7. The minimum Gasteiger partial charge on any atom is -0.481 e. The molecule has 0 radical (unpaired) electrons. The van der Waals surface area contributed by atoms with Crippen LogP contribution in [0.3, 0.4) is 0 Å². The summed E-state index contributed by atoms with van der Waals surface area (Å²) in [6.45, 7) is 3.49. The minimum absolute atomic E-state index is 0.114. The van der Waals surface area contributed by atoms with Gasteiger partial charge in [0.1, 0.15) is 5.76 Å². The number of nitrogens with zero attached hydrogens (tertiary/aromatic N) is 1. The Kier molecular flexibility index (Phi) is 3.33. The maximum atomic E-state index is 11.5. The molecule has 3 heterocycles. The molecule has 1 N–H and O–H groups in total. The Balaban J connectivity index is 1.74. The van der Waals surface area contributed by atoms with Gasteiger partial charge in [-0.05, 0) is 25.0 Å². The lowest BCUT2D eigenvalue weighted by molar-refractivity contribution is -0.147. The number of likely N-dealkylation sites (tertiary alicyclic amines) is 1. The van der Waals surface area contributed by atoms with E-state index in [0.717, 1.165) is 25.1 Å². The van der Waals surface area contributed by atoms with E-state index in [0.29, 0.717) is 26.3 Å². The third-order valence-corrected chi connectivity index (χ3v) is 4.46. The van der Waals surface area contributed by atoms with Crippen molar-refractivity contribution in [2.24, 2.45) is 11.3 Å². The highest BCUT2D eigenvalue weighted by atomic mass is 16.5. The number of ether oxygens (including phenoxy) is 1. The number of carboxylic acids is 1. The topological polar surface area (TPSA) is 62.9 Å². The molecule has 0 aromatic carbocycles. The molecule has 0 amide bonds. The molecule has 0 saturated carbocycles. The van der Waals surface area contributed by atoms with Gasteiger partial charge in [0, 0.05) is 31.7 Å². The van der Waals surface area contributed by atoms with Gasteiger partial charge >= 0.3 is 5.97 Å². The van der Waals surface area contributed by atoms with Crippen LogP contribution in [-0.2, 0) is 16.1 Å². The van der Waals surface area contributed by atoms with Crippen LogP contribution in [0.25, 0.3) is 0 Å². The van der Waals surface area contributed by atoms with Crippen LogP contribution in [0.2, 0.25) is 0 Å². The average Bonchev–Trinajstić information content (AvgIpc) is 2.99. The van der Waals surface area contributed by atoms with Gasteiger partial charge in [-0.1, -0.05) is 0 Å². The smallest absolute Gasteiger partial charge is 0.308 e. The van der Waals surface area contributed by atoms with E-state index in [2.05, 4.69) is 4.90 Å². The van der Waals surface area contributed by atoms with Gasteiger partial charge in [0.15, 0.2) is 0 Å². The number of carboxylic acid groups (broad SMARTS) is 1. The summed E-state index contributed by atoms with van der Waals surface area (Å²) < 4.78 is 10.7. The van der Waals surface area contributed by atoms with Gasteiger partial charge in [-0.25, -0.2) is 0 Å². The molecule has 1 unspecified atom stereocenters. The monoisotopic (exact) mass is 265 g/mol. The Morgan fingerprint density at radius 1 is 1.47 bits per heavy atom. The van der Waals surface area contributed by atoms with Crippen LogP contribution in [0.4, 0.5) is 0 Å². The zero-order valence-corrected chi connectivity index (χ0v) is 10.9. The number of furan rings is 1. The van der Waals surface area contributed by atoms with Gasteiger partial charge in [-0.3, -0.25) is 9.69 Å². The lowest BCUT2D eigenvalue weighted by atomic mass is 9.72. The fourth-order valence-electron chi connectivity index (χ4n) is 3.44. The maximum Gasteiger partial charge on any atom is 0.308 e. The van der Waals surface area contributed by atoms with Crippen molar-refractivity contribution in [1.82, 2.24) is 4.90 Å². The predicted octanol–water partition coefficient (Wildman–Crippen LogP) is 1.59. The summed E-state index contributed by atoms with van der Waals surface area (Å²) in [7, 11) is 0. The van der Waals surface area contributed by atoms with Crippen LogP contribution in [0.1, 0.15) is 18.6 Å². The summed E-state index contributed by atoms with van der Waals surface area (Å²) in [5.41, 5.74) is -0.114. The predicted molar refractivity (Wildman–Crippen MR) is 67.6 cm³/mol. The molecular formula is C14H19NO4. The van der Waals surface area contributed by atoms with Gasteiger partial charge < -0.3 is 14.3 Å². The first-order valence-electron chi connectivity index (χ1n) is 6.75. The highest BCUT2D eigenvalue weighted by Gasteiger charge is 2.50. The molecule has 2 aliphatic heterocycles. The molecule has 0 aliphatic carbocycles. The number of aliphatic carboxylic acids is 1. The third-order valence-electron chi connectivity index (χ3n) is 4.46. The van der Waals surface area contributed by atoms with Gasteiger partial charge in [0.25, 0.3) is 0 Å². The van der Waals surface area contributed by atoms with E-state index in [1.54, 1.807) is 6.26 Å². The van der Waals surface area contributed by atoms with Crippen LogP contribution < -0.4 is 0 Å². The van der Waals surface area contributed by atoms with E-state index in [9.17, 15) is 9.90 Å². The fraction of sp³-hybridized carbons (Fsp3) is 0.643. The Hall–Kier alpha value is -1.33. The molecule has 5 nitrogen and oxygen atoms in total. The molecule has 2 fully saturated rings. The minimum atomic E-state index is -0.677. The SMILES string of the molecule is O=C(O)C1CN(Cc2ccco2)CC12CCOCC2. The van der Waals surface area contributed by atoms with E-state index in [1.165, 1.54) is 0 Å². The highest BCUT2D eigenvalue weighted by Crippen LogP contribution is 2.44. The molecule has 1 spiro atoms. The second kappa shape index (κ2) is 4.98. The second-order valence-electron chi connectivity index (χ2n) is 5.61. The van der Waals surface area contributed by atoms with Crippen molar-refractivity contribution in [3.63, 3.8) is 0 Å². The molecule has 2 aliphatic rings. The molecule has 1 atom stereocenters. The average molecular weight is 265 g/mol. The van der Waals surface area contributed by atoms with E-state index in [4.69, 9.17) is 9.15 Å². The van der Waals surface area contributed by atoms with Crippen molar-refractivity contribution in [2.75, 3.05) is 26.3 Å². The second-order valence-corrected chi connectivity index (χ2v) is 5.61. The van der Waals surface area contributed by atoms with E-state index in [-0.39, 0.29) is 11.3 Å². The standard InChI is InChI=1S/C14H19NO4/c16-13(17)12-9-15(8-11-2-1-5-19-11)10-14(12)3-6-18-7-4-14/h1-2,5,12H,3-4,6-10H2,(H,16,17). The number of carbonyl (C=O) groups is 1. The molecule has 2 saturated heterocycles. The molecule has 3 rings (SSSR count). The summed E-state index contributed by atoms with van der Waals surface area (Å²) in [4.78, 5) is 13.7. The Morgan fingerprint density at radius 2 is 2.26 bits per heavy atom. The Morgan fingerprint density at radius 3 is 2.89 bits per heavy atom. The highest BCUT2D eigenvalue weighted by molar-refractivity contribution is 5.72. The molecule has 1 aromatic heterocycles. The molecular weight excluding hydrogens is 246 g/mol. The number of hydrogen-bond acceptors (Lipinski definition) is 4. The van der Waals surface area contributed by atoms with Gasteiger partial charge in [0.05, 0.1) is 18.7 Å². The normalized spacial score (nSPS) is 26.8. The maximum absolute atomic E-state index is 11.5. The fourth-order valence-corrected chi connectivity index (χ4v) is 3.44. The summed E-state index contributed by atoms with van der Waals surface area (Å²) in [5, 5.41) is 9.48. The van der Waals surface area contributed by atoms with Crippen molar-refractivity contribution in [1.29, 1.82) is 0 Å². The summed E-state index contributed by atoms with van der Waals surface area (Å²) in [6, 6.07) is 3.80. The Labute approximate surface area is 112 Å². The summed E-state index contributed by atoms with van der Waals surface area (Å²) in [5.74, 6) is -0.0662. The van der Waals surface area contributed by atoms with Crippen LogP contribution in [0, 0.1) is 11.3 Å². The summed E-state index contributed by atoms with van der Waals surface area (Å²) in [6.07, 6.45) is 3.35. The molecule has 104 valence electrons. The first-order valence-corrected chi connectivity index (χ1v) is 6.75. The van der Waals surface area contributed by atoms with Crippen molar-refractivity contribution in [3.8, 4) is 0 Å². The summed E-state index contributed by atoms with van der Waals surface area (Å²) >= 11 is 0. The number of hydrogen-bond donors (Lipinski definition) is 1. The van der Waals surface area contributed by atoms with Crippen LogP contribution in [0.5, 0.6) is 0 Å². The van der Waals surface area contributed by atoms with Crippen molar-refractivity contribution in [3.05, 3.63) is 24.2 Å². The molecule has 1 aromatic rings. The lowest BCUT2D eigenvalue weighted by Gasteiger charge is -2.36. The van der Waals surface area contributed by atoms with Crippen LogP contribution >= 0.6 is 0 Å². The zero-order chi connectivity index (χ0) is 13.3. The van der Waals surface area contributed by atoms with Crippen molar-refractivity contribution in [2.45, 2.75) is 19.4 Å². The molecule has 0 bridgehead atoms. The first-order chi connectivity index (χ1) is 9.20. The quantitative estimate of drug-likeness (QED) is 0.899. The van der Waals surface area contributed by atoms with E-state index in [1.807, 2.05) is 12.1 Å². The van der Waals surface area contributed by atoms with Crippen LogP contribution in [0.15, 0.2) is 22.8 Å². The van der Waals surface area contributed by atoms with Gasteiger partial charge in [0.2, 0.25) is 0 Å². The van der Waals surface area contributed by atoms with E-state index < -0.39 is 5.97 Å². The Bertz CT molecular complexity index is 436. The van der Waals surface area contributed by atoms with Gasteiger partial charge in [-0.2, -0.15) is 0 Å². The van der Waals surface area contributed by atoms with Gasteiger partial charge in [-0.15, -0.1) is 0 Å². The molecule has 19 heavy (non-hydrogen) atoms. The third kappa shape index (κ3) is 2.40. The van der Waals surface area contributed by atoms with Crippen molar-refractivity contribution >= 4 is 5.97 Å². The number of rotatable bonds is 3. The molecule has 5 heteroatoms. The van der Waals surface area contributed by atoms with Crippen molar-refractivity contribution < 1.29 is 19.1 Å². The zero-order valence-electron chi connectivity index (χ0n) is 10.9. The largest absolute Gasteiger partial charge is 0.481 e.